The Labute approximate surface area is 201 Å². The zero-order chi connectivity index (χ0) is 22.7. The van der Waals surface area contributed by atoms with Gasteiger partial charge in [-0.2, -0.15) is 0 Å². The number of ketones is 2. The Morgan fingerprint density at radius 1 is 0.781 bits per heavy atom. The largest absolute Gasteiger partial charge is 0.496 e. The first-order chi connectivity index (χ1) is 15.6. The van der Waals surface area contributed by atoms with Gasteiger partial charge in [-0.05, 0) is 42.5 Å². The molecule has 162 valence electrons. The van der Waals surface area contributed by atoms with E-state index in [1.54, 1.807) is 63.3 Å². The van der Waals surface area contributed by atoms with E-state index < -0.39 is 0 Å². The summed E-state index contributed by atoms with van der Waals surface area (Å²) in [4.78, 5) is 27.0. The van der Waals surface area contributed by atoms with Crippen LogP contribution in [0.3, 0.4) is 0 Å². The number of ether oxygens (including phenoxy) is 2. The van der Waals surface area contributed by atoms with Crippen LogP contribution in [0.4, 0.5) is 0 Å². The number of hydrogen-bond acceptors (Lipinski definition) is 5. The van der Waals surface area contributed by atoms with Crippen molar-refractivity contribution in [2.24, 2.45) is 0 Å². The molecule has 0 bridgehead atoms. The Kier molecular flexibility index (Phi) is 6.71. The minimum absolute atomic E-state index is 0.196. The minimum Gasteiger partial charge on any atom is -0.496 e. The number of halogens is 1. The fourth-order valence-corrected chi connectivity index (χ4v) is 4.92. The summed E-state index contributed by atoms with van der Waals surface area (Å²) < 4.78 is 14.3. The van der Waals surface area contributed by atoms with Gasteiger partial charge in [0.2, 0.25) is 11.6 Å². The van der Waals surface area contributed by atoms with Gasteiger partial charge in [-0.1, -0.05) is 24.3 Å². The molecular formula is C24H19IN2O4S. The van der Waals surface area contributed by atoms with Gasteiger partial charge in [-0.15, -0.1) is 0 Å². The van der Waals surface area contributed by atoms with Crippen LogP contribution in [0.15, 0.2) is 79.1 Å². The van der Waals surface area contributed by atoms with E-state index in [1.165, 1.54) is 23.3 Å². The molecule has 6 nitrogen and oxygen atoms in total. The summed E-state index contributed by atoms with van der Waals surface area (Å²) in [6.45, 7) is 0. The Morgan fingerprint density at radius 3 is 1.97 bits per heavy atom. The molecule has 0 radical (unpaired) electrons. The molecule has 8 heteroatoms. The van der Waals surface area contributed by atoms with Crippen LogP contribution in [0.2, 0.25) is 0 Å². The van der Waals surface area contributed by atoms with Crippen molar-refractivity contribution in [2.75, 3.05) is 14.2 Å². The lowest BCUT2D eigenvalue weighted by atomic mass is 10.1. The highest BCUT2D eigenvalue weighted by Crippen LogP contribution is 2.31. The molecule has 2 aromatic carbocycles. The van der Waals surface area contributed by atoms with Gasteiger partial charge < -0.3 is 14.0 Å². The monoisotopic (exact) mass is 558 g/mol. The molecule has 0 N–H and O–H groups in total. The first-order valence-corrected chi connectivity index (χ1v) is 13.0. The summed E-state index contributed by atoms with van der Waals surface area (Å²) in [5.41, 5.74) is 2.38. The molecule has 0 fully saturated rings. The fourth-order valence-electron chi connectivity index (χ4n) is 3.58. The lowest BCUT2D eigenvalue weighted by Gasteiger charge is -2.14. The van der Waals surface area contributed by atoms with Crippen molar-refractivity contribution in [1.82, 2.24) is 8.54 Å². The topological polar surface area (TPSA) is 62.5 Å². The number of carbonyl (C=O) groups excluding carboxylic acids is 2. The summed E-state index contributed by atoms with van der Waals surface area (Å²) >= 11 is 2.12. The van der Waals surface area contributed by atoms with E-state index in [0.717, 1.165) is 0 Å². The molecule has 0 aliphatic carbocycles. The maximum atomic E-state index is 13.6. The number of methoxy groups -OCH3 is 2. The highest BCUT2D eigenvalue weighted by atomic mass is 127. The third kappa shape index (κ3) is 3.95. The second kappa shape index (κ2) is 9.66. The molecule has 4 rings (SSSR count). The zero-order valence-corrected chi connectivity index (χ0v) is 20.3. The van der Waals surface area contributed by atoms with Gasteiger partial charge in [-0.3, -0.25) is 13.6 Å². The molecule has 0 unspecified atom stereocenters. The number of nitrogens with zero attached hydrogens (tertiary/aromatic N) is 2. The number of carbonyl (C=O) groups is 2. The van der Waals surface area contributed by atoms with E-state index in [2.05, 4.69) is 21.2 Å². The summed E-state index contributed by atoms with van der Waals surface area (Å²) in [5.74, 6) is 0.595. The zero-order valence-electron chi connectivity index (χ0n) is 17.3. The molecule has 0 spiro atoms. The van der Waals surface area contributed by atoms with Gasteiger partial charge in [0.25, 0.3) is 0 Å². The first kappa shape index (κ1) is 22.2. The Morgan fingerprint density at radius 2 is 1.38 bits per heavy atom. The quantitative estimate of drug-likeness (QED) is 0.208. The van der Waals surface area contributed by atoms with Gasteiger partial charge in [0, 0.05) is 42.7 Å². The van der Waals surface area contributed by atoms with Crippen LogP contribution < -0.4 is 9.47 Å². The second-order valence-corrected chi connectivity index (χ2v) is 8.48. The van der Waals surface area contributed by atoms with Crippen LogP contribution in [0.25, 0.3) is 5.69 Å². The number of rotatable bonds is 8. The lowest BCUT2D eigenvalue weighted by Crippen LogP contribution is -2.14. The van der Waals surface area contributed by atoms with Crippen LogP contribution in [0.5, 0.6) is 11.5 Å². The van der Waals surface area contributed by atoms with E-state index >= 15 is 0 Å². The summed E-state index contributed by atoms with van der Waals surface area (Å²) in [7, 11) is 4.44. The molecule has 0 aliphatic heterocycles. The van der Waals surface area contributed by atoms with Crippen LogP contribution in [-0.4, -0.2) is 34.3 Å². The molecule has 2 heterocycles. The third-order valence-electron chi connectivity index (χ3n) is 5.06. The molecule has 0 atom stereocenters. The number of benzene rings is 2. The maximum Gasteiger partial charge on any atom is 0.216 e. The minimum atomic E-state index is -0.198. The van der Waals surface area contributed by atoms with Crippen LogP contribution in [-0.2, 0) is 0 Å². The SMILES string of the molecule is COc1ccccc1C(=O)c1c(-n2cccc2C(=O)c2ccccc2OC)ccn1SI. The van der Waals surface area contributed by atoms with Gasteiger partial charge in [-0.25, -0.2) is 0 Å². The number of para-hydroxylation sites is 2. The molecule has 0 aliphatic rings. The van der Waals surface area contributed by atoms with Crippen molar-refractivity contribution in [3.63, 3.8) is 0 Å². The van der Waals surface area contributed by atoms with E-state index in [4.69, 9.17) is 9.47 Å². The van der Waals surface area contributed by atoms with Gasteiger partial charge in [0.1, 0.15) is 17.2 Å². The van der Waals surface area contributed by atoms with Gasteiger partial charge >= 0.3 is 0 Å². The smallest absolute Gasteiger partial charge is 0.216 e. The van der Waals surface area contributed by atoms with Gasteiger partial charge in [0.15, 0.2) is 0 Å². The fraction of sp³-hybridized carbons (Fsp3) is 0.0833. The maximum absolute atomic E-state index is 13.6. The first-order valence-electron chi connectivity index (χ1n) is 9.64. The predicted molar refractivity (Wildman–Crippen MR) is 134 cm³/mol. The average molecular weight is 558 g/mol. The highest BCUT2D eigenvalue weighted by Gasteiger charge is 2.26. The molecule has 4 aromatic rings. The Bertz CT molecular complexity index is 1290. The van der Waals surface area contributed by atoms with Gasteiger partial charge in [0.05, 0.1) is 36.7 Å². The van der Waals surface area contributed by atoms with Crippen molar-refractivity contribution >= 4 is 41.9 Å². The number of hydrogen-bond donors (Lipinski definition) is 0. The van der Waals surface area contributed by atoms with Crippen molar-refractivity contribution in [2.45, 2.75) is 0 Å². The molecular weight excluding hydrogens is 539 g/mol. The third-order valence-corrected chi connectivity index (χ3v) is 6.79. The second-order valence-electron chi connectivity index (χ2n) is 6.77. The molecule has 0 saturated carbocycles. The standard InChI is InChI=1S/C24H19IN2O4S/c1-30-20-11-5-3-8-16(20)23(28)19-10-7-14-26(19)18-13-15-27(32-25)22(18)24(29)17-9-4-6-12-21(17)31-2/h3-15H,1-2H3. The Balaban J connectivity index is 1.84. The molecule has 0 saturated heterocycles. The van der Waals surface area contributed by atoms with Crippen LogP contribution in [0.1, 0.15) is 32.1 Å². The van der Waals surface area contributed by atoms with Crippen molar-refractivity contribution in [1.29, 1.82) is 0 Å². The lowest BCUT2D eigenvalue weighted by molar-refractivity contribution is 0.101. The van der Waals surface area contributed by atoms with E-state index in [-0.39, 0.29) is 11.6 Å². The molecule has 2 aromatic heterocycles. The summed E-state index contributed by atoms with van der Waals surface area (Å²) in [6.07, 6.45) is 3.59. The predicted octanol–water partition coefficient (Wildman–Crippen LogP) is 5.60. The molecule has 0 amide bonds. The average Bonchev–Trinajstić information content (AvgIpc) is 3.49. The van der Waals surface area contributed by atoms with Crippen molar-refractivity contribution < 1.29 is 19.1 Å². The summed E-state index contributed by atoms with van der Waals surface area (Å²) in [6, 6.07) is 19.5. The highest BCUT2D eigenvalue weighted by molar-refractivity contribution is 14.2. The van der Waals surface area contributed by atoms with Crippen LogP contribution in [0, 0.1) is 0 Å². The van der Waals surface area contributed by atoms with Crippen LogP contribution >= 0.6 is 30.3 Å². The molecule has 32 heavy (non-hydrogen) atoms. The number of aromatic nitrogens is 2. The van der Waals surface area contributed by atoms with E-state index in [1.807, 2.05) is 24.4 Å². The Hall–Kier alpha value is -2.98. The van der Waals surface area contributed by atoms with Crippen molar-refractivity contribution in [3.8, 4) is 17.2 Å². The summed E-state index contributed by atoms with van der Waals surface area (Å²) in [5, 5.41) is 0. The normalized spacial score (nSPS) is 10.7. The van der Waals surface area contributed by atoms with Crippen molar-refractivity contribution in [3.05, 3.63) is 102 Å². The van der Waals surface area contributed by atoms with E-state index in [9.17, 15) is 9.59 Å². The van der Waals surface area contributed by atoms with E-state index in [0.29, 0.717) is 39.7 Å².